The lowest BCUT2D eigenvalue weighted by molar-refractivity contribution is 0.0939. The van der Waals surface area contributed by atoms with Gasteiger partial charge in [0, 0.05) is 38.8 Å². The number of carbonyl (C=O) groups excluding carboxylic acids is 1. The van der Waals surface area contributed by atoms with Gasteiger partial charge in [-0.15, -0.1) is 0 Å². The van der Waals surface area contributed by atoms with Crippen LogP contribution in [0.3, 0.4) is 0 Å². The molecule has 1 atom stereocenters. The van der Waals surface area contributed by atoms with Gasteiger partial charge in [-0.1, -0.05) is 32.4 Å². The minimum Gasteiger partial charge on any atom is -0.352 e. The Morgan fingerprint density at radius 2 is 1.92 bits per heavy atom. The number of unbranched alkanes of at least 4 members (excludes halogenated alkanes) is 1. The van der Waals surface area contributed by atoms with Gasteiger partial charge in [0.25, 0.3) is 5.91 Å². The Bertz CT molecular complexity index is 525. The van der Waals surface area contributed by atoms with Crippen LogP contribution in [-0.4, -0.2) is 43.4 Å². The molecule has 5 nitrogen and oxygen atoms in total. The normalized spacial score (nSPS) is 12.6. The molecule has 0 bridgehead atoms. The molecule has 0 spiro atoms. The molecule has 0 aromatic heterocycles. The Morgan fingerprint density at radius 3 is 2.46 bits per heavy atom. The molecular weight excluding hydrogens is 300 g/mol. The molecule has 0 fully saturated rings. The van der Waals surface area contributed by atoms with Crippen molar-refractivity contribution in [3.05, 3.63) is 35.4 Å². The molecule has 1 aromatic rings. The Kier molecular flexibility index (Phi) is 8.90. The maximum atomic E-state index is 12.1. The molecule has 134 valence electrons. The van der Waals surface area contributed by atoms with Crippen molar-refractivity contribution in [1.82, 2.24) is 15.5 Å². The first-order chi connectivity index (χ1) is 11.5. The third-order valence-electron chi connectivity index (χ3n) is 4.08. The van der Waals surface area contributed by atoms with Crippen LogP contribution in [0, 0.1) is 0 Å². The van der Waals surface area contributed by atoms with E-state index in [4.69, 9.17) is 0 Å². The summed E-state index contributed by atoms with van der Waals surface area (Å²) in [5.41, 5.74) is 1.82. The lowest BCUT2D eigenvalue weighted by Crippen LogP contribution is -2.38. The molecule has 5 heteroatoms. The summed E-state index contributed by atoms with van der Waals surface area (Å²) in [4.78, 5) is 18.5. The molecule has 0 aliphatic rings. The number of hydrogen-bond acceptors (Lipinski definition) is 2. The van der Waals surface area contributed by atoms with E-state index in [9.17, 15) is 4.79 Å². The van der Waals surface area contributed by atoms with Gasteiger partial charge in [-0.05, 0) is 37.5 Å². The van der Waals surface area contributed by atoms with Crippen molar-refractivity contribution in [2.45, 2.75) is 52.6 Å². The first-order valence-corrected chi connectivity index (χ1v) is 8.83. The second-order valence-electron chi connectivity index (χ2n) is 6.16. The van der Waals surface area contributed by atoms with Gasteiger partial charge in [0.1, 0.15) is 0 Å². The third-order valence-corrected chi connectivity index (χ3v) is 4.08. The Labute approximate surface area is 146 Å². The van der Waals surface area contributed by atoms with Crippen LogP contribution in [0.1, 0.15) is 56.0 Å². The summed E-state index contributed by atoms with van der Waals surface area (Å²) >= 11 is 0. The molecule has 0 aliphatic carbocycles. The molecular formula is C19H32N4O. The first kappa shape index (κ1) is 20.0. The van der Waals surface area contributed by atoms with Crippen molar-refractivity contribution < 1.29 is 4.79 Å². The molecule has 0 saturated carbocycles. The Hall–Kier alpha value is -2.04. The quantitative estimate of drug-likeness (QED) is 0.568. The number of amides is 1. The summed E-state index contributed by atoms with van der Waals surface area (Å²) < 4.78 is 0. The predicted molar refractivity (Wildman–Crippen MR) is 101 cm³/mol. The highest BCUT2D eigenvalue weighted by molar-refractivity contribution is 5.94. The van der Waals surface area contributed by atoms with E-state index in [-0.39, 0.29) is 11.9 Å². The first-order valence-electron chi connectivity index (χ1n) is 8.83. The summed E-state index contributed by atoms with van der Waals surface area (Å²) in [5, 5.41) is 6.34. The van der Waals surface area contributed by atoms with Crippen molar-refractivity contribution in [3.8, 4) is 0 Å². The van der Waals surface area contributed by atoms with Gasteiger partial charge in [-0.25, -0.2) is 0 Å². The van der Waals surface area contributed by atoms with Gasteiger partial charge in [0.2, 0.25) is 0 Å². The monoisotopic (exact) mass is 332 g/mol. The molecule has 0 aliphatic heterocycles. The fourth-order valence-electron chi connectivity index (χ4n) is 2.25. The number of aliphatic imine (C=N–C) groups is 1. The van der Waals surface area contributed by atoms with Gasteiger partial charge < -0.3 is 15.5 Å². The molecule has 1 aromatic carbocycles. The van der Waals surface area contributed by atoms with Crippen molar-refractivity contribution in [1.29, 1.82) is 0 Å². The minimum atomic E-state index is -0.0148. The lowest BCUT2D eigenvalue weighted by atomic mass is 10.1. The molecule has 1 rings (SSSR count). The van der Waals surface area contributed by atoms with E-state index in [1.165, 1.54) is 6.42 Å². The van der Waals surface area contributed by atoms with Gasteiger partial charge in [0.05, 0.1) is 0 Å². The standard InChI is InChI=1S/C19H32N4O/c1-6-8-13-23(5)19(20-4)21-14-16-9-11-17(12-10-16)18(24)22-15(3)7-2/h9-12,15H,6-8,13-14H2,1-5H3,(H,20,21)(H,22,24). The van der Waals surface area contributed by atoms with E-state index in [1.807, 2.05) is 38.2 Å². The number of rotatable bonds is 8. The Morgan fingerprint density at radius 1 is 1.25 bits per heavy atom. The fourth-order valence-corrected chi connectivity index (χ4v) is 2.25. The van der Waals surface area contributed by atoms with Crippen LogP contribution in [0.4, 0.5) is 0 Å². The van der Waals surface area contributed by atoms with Crippen molar-refractivity contribution >= 4 is 11.9 Å². The highest BCUT2D eigenvalue weighted by Crippen LogP contribution is 2.06. The number of carbonyl (C=O) groups is 1. The fraction of sp³-hybridized carbons (Fsp3) is 0.579. The lowest BCUT2D eigenvalue weighted by Gasteiger charge is -2.21. The predicted octanol–water partition coefficient (Wildman–Crippen LogP) is 3.02. The zero-order chi connectivity index (χ0) is 17.9. The number of guanidine groups is 1. The van der Waals surface area contributed by atoms with Gasteiger partial charge in [-0.3, -0.25) is 9.79 Å². The summed E-state index contributed by atoms with van der Waals surface area (Å²) in [7, 11) is 3.85. The summed E-state index contributed by atoms with van der Waals surface area (Å²) in [6.45, 7) is 7.94. The highest BCUT2D eigenvalue weighted by Gasteiger charge is 2.09. The maximum absolute atomic E-state index is 12.1. The largest absolute Gasteiger partial charge is 0.352 e. The number of nitrogens with one attached hydrogen (secondary N) is 2. The number of benzene rings is 1. The van der Waals surface area contributed by atoms with Crippen LogP contribution in [0.15, 0.2) is 29.3 Å². The van der Waals surface area contributed by atoms with Crippen LogP contribution in [0.5, 0.6) is 0 Å². The van der Waals surface area contributed by atoms with E-state index in [0.29, 0.717) is 12.1 Å². The van der Waals surface area contributed by atoms with E-state index < -0.39 is 0 Å². The molecule has 0 saturated heterocycles. The Balaban J connectivity index is 2.56. The highest BCUT2D eigenvalue weighted by atomic mass is 16.1. The van der Waals surface area contributed by atoms with Crippen LogP contribution in [-0.2, 0) is 6.54 Å². The number of nitrogens with zero attached hydrogens (tertiary/aromatic N) is 2. The SMILES string of the molecule is CCCCN(C)C(=NC)NCc1ccc(C(=O)NC(C)CC)cc1. The van der Waals surface area contributed by atoms with Crippen LogP contribution >= 0.6 is 0 Å². The zero-order valence-corrected chi connectivity index (χ0v) is 15.7. The van der Waals surface area contributed by atoms with Crippen molar-refractivity contribution in [2.24, 2.45) is 4.99 Å². The van der Waals surface area contributed by atoms with Crippen LogP contribution in [0.2, 0.25) is 0 Å². The smallest absolute Gasteiger partial charge is 0.251 e. The second-order valence-corrected chi connectivity index (χ2v) is 6.16. The summed E-state index contributed by atoms with van der Waals surface area (Å²) in [5.74, 6) is 0.876. The minimum absolute atomic E-state index is 0.0148. The average Bonchev–Trinajstić information content (AvgIpc) is 2.60. The van der Waals surface area contributed by atoms with Crippen molar-refractivity contribution in [2.75, 3.05) is 20.6 Å². The number of hydrogen-bond donors (Lipinski definition) is 2. The maximum Gasteiger partial charge on any atom is 0.251 e. The average molecular weight is 332 g/mol. The van der Waals surface area contributed by atoms with E-state index >= 15 is 0 Å². The van der Waals surface area contributed by atoms with E-state index in [0.717, 1.165) is 30.9 Å². The molecule has 24 heavy (non-hydrogen) atoms. The third kappa shape index (κ3) is 6.60. The van der Waals surface area contributed by atoms with E-state index in [2.05, 4.69) is 34.4 Å². The summed E-state index contributed by atoms with van der Waals surface area (Å²) in [6, 6.07) is 7.91. The molecule has 0 radical (unpaired) electrons. The van der Waals surface area contributed by atoms with Gasteiger partial charge >= 0.3 is 0 Å². The topological polar surface area (TPSA) is 56.7 Å². The molecule has 0 heterocycles. The van der Waals surface area contributed by atoms with E-state index in [1.54, 1.807) is 7.05 Å². The van der Waals surface area contributed by atoms with Gasteiger partial charge in [0.15, 0.2) is 5.96 Å². The summed E-state index contributed by atoms with van der Waals surface area (Å²) in [6.07, 6.45) is 3.25. The van der Waals surface area contributed by atoms with Gasteiger partial charge in [-0.2, -0.15) is 0 Å². The zero-order valence-electron chi connectivity index (χ0n) is 15.7. The van der Waals surface area contributed by atoms with Crippen LogP contribution in [0.25, 0.3) is 0 Å². The van der Waals surface area contributed by atoms with Crippen molar-refractivity contribution in [3.63, 3.8) is 0 Å². The van der Waals surface area contributed by atoms with Crippen LogP contribution < -0.4 is 10.6 Å². The molecule has 1 amide bonds. The second kappa shape index (κ2) is 10.7. The molecule has 1 unspecified atom stereocenters. The molecule has 2 N–H and O–H groups in total.